The van der Waals surface area contributed by atoms with Crippen molar-refractivity contribution in [3.8, 4) is 5.75 Å². The van der Waals surface area contributed by atoms with Gasteiger partial charge < -0.3 is 15.0 Å². The van der Waals surface area contributed by atoms with E-state index in [9.17, 15) is 14.4 Å². The van der Waals surface area contributed by atoms with E-state index in [0.717, 1.165) is 35.4 Å². The molecule has 0 radical (unpaired) electrons. The highest BCUT2D eigenvalue weighted by atomic mass is 35.5. The van der Waals surface area contributed by atoms with Crippen molar-refractivity contribution in [1.29, 1.82) is 0 Å². The average Bonchev–Trinajstić information content (AvgIpc) is 3.08. The smallest absolute Gasteiger partial charge is 0.294 e. The van der Waals surface area contributed by atoms with Gasteiger partial charge >= 0.3 is 0 Å². The molecule has 1 N–H and O–H groups in total. The van der Waals surface area contributed by atoms with E-state index in [4.69, 9.17) is 16.3 Å². The summed E-state index contributed by atoms with van der Waals surface area (Å²) in [7, 11) is 1.58. The fraction of sp³-hybridized carbons (Fsp3) is 0.292. The second-order valence-corrected chi connectivity index (χ2v) is 9.17. The van der Waals surface area contributed by atoms with Crippen molar-refractivity contribution in [2.75, 3.05) is 37.0 Å². The van der Waals surface area contributed by atoms with E-state index in [-0.39, 0.29) is 4.91 Å². The summed E-state index contributed by atoms with van der Waals surface area (Å²) in [4.78, 5) is 41.2. The summed E-state index contributed by atoms with van der Waals surface area (Å²) in [5.41, 5.74) is 2.20. The number of carbonyl (C=O) groups is 3. The summed E-state index contributed by atoms with van der Waals surface area (Å²) in [6, 6.07) is 12.6. The highest BCUT2D eigenvalue weighted by Crippen LogP contribution is 2.35. The average molecular weight is 486 g/mol. The van der Waals surface area contributed by atoms with Gasteiger partial charge in [0.2, 0.25) is 5.91 Å². The van der Waals surface area contributed by atoms with Gasteiger partial charge in [0.05, 0.1) is 22.7 Å². The Kier molecular flexibility index (Phi) is 7.25. The Bertz CT molecular complexity index is 1110. The van der Waals surface area contributed by atoms with Crippen LogP contribution in [0.2, 0.25) is 5.02 Å². The van der Waals surface area contributed by atoms with Crippen molar-refractivity contribution in [3.63, 3.8) is 0 Å². The molecule has 2 saturated heterocycles. The minimum Gasteiger partial charge on any atom is -0.496 e. The number of benzene rings is 2. The number of hydrogen-bond donors (Lipinski definition) is 1. The zero-order chi connectivity index (χ0) is 23.4. The first-order valence-electron chi connectivity index (χ1n) is 10.7. The van der Waals surface area contributed by atoms with Gasteiger partial charge in [0.1, 0.15) is 12.3 Å². The molecule has 0 saturated carbocycles. The molecule has 172 valence electrons. The number of ether oxygens (including phenoxy) is 1. The van der Waals surface area contributed by atoms with Crippen LogP contribution in [-0.4, -0.2) is 48.7 Å². The Balaban J connectivity index is 1.48. The molecule has 2 fully saturated rings. The maximum Gasteiger partial charge on any atom is 0.294 e. The van der Waals surface area contributed by atoms with Crippen LogP contribution in [0.5, 0.6) is 5.75 Å². The van der Waals surface area contributed by atoms with Crippen LogP contribution in [0, 0.1) is 0 Å². The molecule has 0 aliphatic carbocycles. The zero-order valence-electron chi connectivity index (χ0n) is 18.2. The number of methoxy groups -OCH3 is 1. The summed E-state index contributed by atoms with van der Waals surface area (Å²) in [5.74, 6) is -0.391. The number of hydrogen-bond acceptors (Lipinski definition) is 6. The van der Waals surface area contributed by atoms with Crippen molar-refractivity contribution < 1.29 is 19.1 Å². The Morgan fingerprint density at radius 3 is 2.64 bits per heavy atom. The molecule has 3 amide bonds. The lowest BCUT2D eigenvalue weighted by Gasteiger charge is -2.29. The lowest BCUT2D eigenvalue weighted by Crippen LogP contribution is -2.36. The third-order valence-electron chi connectivity index (χ3n) is 5.55. The van der Waals surface area contributed by atoms with Crippen LogP contribution in [0.25, 0.3) is 6.08 Å². The number of thioether (sulfide) groups is 1. The molecule has 2 heterocycles. The second kappa shape index (κ2) is 10.3. The largest absolute Gasteiger partial charge is 0.496 e. The van der Waals surface area contributed by atoms with Gasteiger partial charge in [0.25, 0.3) is 11.1 Å². The van der Waals surface area contributed by atoms with Crippen molar-refractivity contribution >= 4 is 57.9 Å². The molecule has 0 unspecified atom stereocenters. The summed E-state index contributed by atoms with van der Waals surface area (Å²) < 4.78 is 5.55. The van der Waals surface area contributed by atoms with Gasteiger partial charge in [-0.25, -0.2) is 0 Å². The molecule has 2 aromatic rings. The number of anilines is 2. The van der Waals surface area contributed by atoms with Gasteiger partial charge in [-0.05, 0) is 61.4 Å². The number of carbonyl (C=O) groups excluding carboxylic acids is 3. The molecule has 33 heavy (non-hydrogen) atoms. The predicted octanol–water partition coefficient (Wildman–Crippen LogP) is 5.01. The third-order valence-corrected chi connectivity index (χ3v) is 6.79. The SMILES string of the molecule is COc1cc(N2CCCCC2)ccc1/C=C1/SC(=O)N(CC(=O)Nc2ccccc2Cl)C1=O. The molecule has 0 bridgehead atoms. The van der Waals surface area contributed by atoms with Crippen LogP contribution >= 0.6 is 23.4 Å². The van der Waals surface area contributed by atoms with E-state index in [2.05, 4.69) is 10.2 Å². The first kappa shape index (κ1) is 23.2. The van der Waals surface area contributed by atoms with Crippen LogP contribution in [0.3, 0.4) is 0 Å². The maximum atomic E-state index is 12.8. The minimum atomic E-state index is -0.513. The number of nitrogens with zero attached hydrogens (tertiary/aromatic N) is 2. The summed E-state index contributed by atoms with van der Waals surface area (Å²) in [6.07, 6.45) is 5.22. The van der Waals surface area contributed by atoms with Gasteiger partial charge in [0, 0.05) is 30.4 Å². The van der Waals surface area contributed by atoms with Crippen LogP contribution < -0.4 is 15.0 Å². The molecule has 2 aromatic carbocycles. The highest BCUT2D eigenvalue weighted by Gasteiger charge is 2.36. The Hall–Kier alpha value is -2.97. The molecule has 0 aromatic heterocycles. The number of amides is 3. The topological polar surface area (TPSA) is 79.0 Å². The summed E-state index contributed by atoms with van der Waals surface area (Å²) in [6.45, 7) is 1.63. The Morgan fingerprint density at radius 2 is 1.91 bits per heavy atom. The fourth-order valence-electron chi connectivity index (χ4n) is 3.84. The number of imide groups is 1. The van der Waals surface area contributed by atoms with Crippen molar-refractivity contribution in [3.05, 3.63) is 58.0 Å². The third kappa shape index (κ3) is 5.34. The van der Waals surface area contributed by atoms with E-state index in [1.165, 1.54) is 19.3 Å². The number of piperidine rings is 1. The van der Waals surface area contributed by atoms with Gasteiger partial charge in [0.15, 0.2) is 0 Å². The van der Waals surface area contributed by atoms with Crippen molar-refractivity contribution in [2.45, 2.75) is 19.3 Å². The van der Waals surface area contributed by atoms with Crippen molar-refractivity contribution in [1.82, 2.24) is 4.90 Å². The Labute approximate surface area is 201 Å². The van der Waals surface area contributed by atoms with Crippen molar-refractivity contribution in [2.24, 2.45) is 0 Å². The van der Waals surface area contributed by atoms with E-state index < -0.39 is 23.6 Å². The van der Waals surface area contributed by atoms with Gasteiger partial charge in [-0.2, -0.15) is 0 Å². The van der Waals surface area contributed by atoms with Crippen LogP contribution in [0.1, 0.15) is 24.8 Å². The van der Waals surface area contributed by atoms with Gasteiger partial charge in [-0.3, -0.25) is 19.3 Å². The predicted molar refractivity (Wildman–Crippen MR) is 132 cm³/mol. The monoisotopic (exact) mass is 485 g/mol. The molecular weight excluding hydrogens is 462 g/mol. The first-order valence-corrected chi connectivity index (χ1v) is 11.9. The zero-order valence-corrected chi connectivity index (χ0v) is 19.7. The standard InChI is InChI=1S/C24H24ClN3O4S/c1-32-20-14-17(27-11-5-2-6-12-27)10-9-16(20)13-21-23(30)28(24(31)33-21)15-22(29)26-19-8-4-3-7-18(19)25/h3-4,7-10,13-14H,2,5-6,11-12,15H2,1H3,(H,26,29)/b21-13+. The first-order chi connectivity index (χ1) is 16.0. The molecule has 0 spiro atoms. The highest BCUT2D eigenvalue weighted by molar-refractivity contribution is 8.18. The van der Waals surface area contributed by atoms with E-state index in [0.29, 0.717) is 22.0 Å². The number of para-hydroxylation sites is 1. The number of rotatable bonds is 6. The fourth-order valence-corrected chi connectivity index (χ4v) is 4.85. The normalized spacial score (nSPS) is 17.6. The lowest BCUT2D eigenvalue weighted by atomic mass is 10.1. The van der Waals surface area contributed by atoms with E-state index in [1.54, 1.807) is 37.5 Å². The molecule has 2 aliphatic heterocycles. The number of nitrogens with one attached hydrogen (secondary N) is 1. The second-order valence-electron chi connectivity index (χ2n) is 7.77. The van der Waals surface area contributed by atoms with Gasteiger partial charge in [-0.15, -0.1) is 0 Å². The summed E-state index contributed by atoms with van der Waals surface area (Å²) >= 11 is 6.86. The summed E-state index contributed by atoms with van der Waals surface area (Å²) in [5, 5.41) is 2.51. The molecule has 0 atom stereocenters. The quantitative estimate of drug-likeness (QED) is 0.579. The Morgan fingerprint density at radius 1 is 1.15 bits per heavy atom. The molecule has 9 heteroatoms. The molecule has 2 aliphatic rings. The maximum absolute atomic E-state index is 12.8. The van der Waals surface area contributed by atoms with Crippen LogP contribution in [0.15, 0.2) is 47.4 Å². The number of halogens is 1. The van der Waals surface area contributed by atoms with Crippen LogP contribution in [0.4, 0.5) is 16.2 Å². The minimum absolute atomic E-state index is 0.245. The van der Waals surface area contributed by atoms with Gasteiger partial charge in [-0.1, -0.05) is 23.7 Å². The van der Waals surface area contributed by atoms with E-state index in [1.807, 2.05) is 18.2 Å². The lowest BCUT2D eigenvalue weighted by molar-refractivity contribution is -0.127. The van der Waals surface area contributed by atoms with E-state index >= 15 is 0 Å². The molecule has 4 rings (SSSR count). The van der Waals surface area contributed by atoms with Crippen LogP contribution in [-0.2, 0) is 9.59 Å². The molecular formula is C24H24ClN3O4S. The molecule has 7 nitrogen and oxygen atoms in total.